The quantitative estimate of drug-likeness (QED) is 0.835. The number of hydrogen-bond donors (Lipinski definition) is 1. The summed E-state index contributed by atoms with van der Waals surface area (Å²) in [6.45, 7) is 1.70. The Bertz CT molecular complexity index is 564. The van der Waals surface area contributed by atoms with E-state index in [1.165, 1.54) is 4.90 Å². The van der Waals surface area contributed by atoms with Crippen molar-refractivity contribution in [2.45, 2.75) is 17.9 Å². The molecule has 1 atom stereocenters. The van der Waals surface area contributed by atoms with E-state index in [-0.39, 0.29) is 0 Å². The van der Waals surface area contributed by atoms with Gasteiger partial charge in [0.1, 0.15) is 17.2 Å². The van der Waals surface area contributed by atoms with E-state index in [9.17, 15) is 5.11 Å². The molecule has 20 heavy (non-hydrogen) atoms. The van der Waals surface area contributed by atoms with Crippen LogP contribution in [-0.4, -0.2) is 18.5 Å². The Morgan fingerprint density at radius 3 is 2.25 bits per heavy atom. The molecule has 1 N–H and O–H groups in total. The first kappa shape index (κ1) is 14.8. The molecule has 1 unspecified atom stereocenters. The molecule has 2 aromatic rings. The summed E-state index contributed by atoms with van der Waals surface area (Å²) < 4.78 is 11.1. The van der Waals surface area contributed by atoms with E-state index >= 15 is 0 Å². The third kappa shape index (κ3) is 3.26. The highest BCUT2D eigenvalue weighted by atomic mass is 32.2. The molecule has 0 radical (unpaired) electrons. The van der Waals surface area contributed by atoms with E-state index in [1.807, 2.05) is 48.7 Å². The van der Waals surface area contributed by atoms with Crippen LogP contribution in [0.15, 0.2) is 47.4 Å². The number of thioether (sulfide) groups is 1. The zero-order chi connectivity index (χ0) is 14.5. The minimum absolute atomic E-state index is 0.608. The second-order valence-electron chi connectivity index (χ2n) is 4.33. The zero-order valence-corrected chi connectivity index (χ0v) is 12.6. The van der Waals surface area contributed by atoms with Crippen LogP contribution in [0.25, 0.3) is 0 Å². The summed E-state index contributed by atoms with van der Waals surface area (Å²) >= 11 is 1.68. The number of hydrogen-bond acceptors (Lipinski definition) is 4. The van der Waals surface area contributed by atoms with Crippen molar-refractivity contribution >= 4 is 11.8 Å². The maximum Gasteiger partial charge on any atom is 0.136 e. The fourth-order valence-electron chi connectivity index (χ4n) is 1.97. The second-order valence-corrected chi connectivity index (χ2v) is 5.21. The highest BCUT2D eigenvalue weighted by Gasteiger charge is 2.15. The van der Waals surface area contributed by atoms with Crippen LogP contribution in [0, 0.1) is 0 Å². The maximum atomic E-state index is 9.91. The molecule has 0 bridgehead atoms. The Kier molecular flexibility index (Phi) is 4.93. The fraction of sp³-hybridized carbons (Fsp3) is 0.250. The van der Waals surface area contributed by atoms with Crippen LogP contribution in [0.2, 0.25) is 0 Å². The number of methoxy groups -OCH3 is 1. The van der Waals surface area contributed by atoms with E-state index in [1.54, 1.807) is 25.8 Å². The molecule has 0 aromatic heterocycles. The van der Waals surface area contributed by atoms with E-state index in [4.69, 9.17) is 9.47 Å². The van der Waals surface area contributed by atoms with Gasteiger partial charge in [0.25, 0.3) is 0 Å². The van der Waals surface area contributed by atoms with Crippen molar-refractivity contribution < 1.29 is 14.6 Å². The lowest BCUT2D eigenvalue weighted by Crippen LogP contribution is -2.00. The molecular weight excluding hydrogens is 272 g/mol. The number of aliphatic hydroxyl groups excluding tert-OH is 1. The second kappa shape index (κ2) is 6.68. The van der Waals surface area contributed by atoms with Crippen LogP contribution in [-0.2, 0) is 0 Å². The first-order valence-corrected chi connectivity index (χ1v) is 7.55. The van der Waals surface area contributed by atoms with Crippen molar-refractivity contribution in [3.05, 3.63) is 48.0 Å². The average molecular weight is 290 g/mol. The molecule has 0 aliphatic carbocycles. The molecule has 2 rings (SSSR count). The van der Waals surface area contributed by atoms with Gasteiger partial charge in [0, 0.05) is 4.90 Å². The lowest BCUT2D eigenvalue weighted by atomic mass is 10.1. The average Bonchev–Trinajstić information content (AvgIpc) is 2.47. The molecule has 0 spiro atoms. The summed E-state index contributed by atoms with van der Waals surface area (Å²) in [6, 6.07) is 13.3. The first-order chi connectivity index (χ1) is 9.65. The highest BCUT2D eigenvalue weighted by Crippen LogP contribution is 2.36. The monoisotopic (exact) mass is 290 g/mol. The van der Waals surface area contributed by atoms with Crippen molar-refractivity contribution in [1.29, 1.82) is 0 Å². The summed E-state index contributed by atoms with van der Waals surface area (Å²) in [7, 11) is 1.58. The predicted octanol–water partition coefficient (Wildman–Crippen LogP) is 4.26. The molecule has 0 fully saturated rings. The molecule has 0 aliphatic heterocycles. The number of rotatable bonds is 5. The predicted molar refractivity (Wildman–Crippen MR) is 81.9 cm³/mol. The van der Waals surface area contributed by atoms with Gasteiger partial charge in [-0.15, -0.1) is 11.8 Å². The Balaban J connectivity index is 2.32. The van der Waals surface area contributed by atoms with Gasteiger partial charge >= 0.3 is 0 Å². The van der Waals surface area contributed by atoms with Gasteiger partial charge in [-0.1, -0.05) is 6.07 Å². The fourth-order valence-corrected chi connectivity index (χ4v) is 2.38. The summed E-state index contributed by atoms with van der Waals surface area (Å²) in [6.07, 6.45) is 1.37. The smallest absolute Gasteiger partial charge is 0.136 e. The van der Waals surface area contributed by atoms with Gasteiger partial charge in [-0.2, -0.15) is 0 Å². The van der Waals surface area contributed by atoms with Crippen molar-refractivity contribution in [3.63, 3.8) is 0 Å². The van der Waals surface area contributed by atoms with Crippen molar-refractivity contribution in [1.82, 2.24) is 0 Å². The Morgan fingerprint density at radius 2 is 1.70 bits per heavy atom. The van der Waals surface area contributed by atoms with Crippen molar-refractivity contribution in [3.8, 4) is 17.2 Å². The maximum absolute atomic E-state index is 9.91. The molecule has 4 heteroatoms. The minimum atomic E-state index is -0.661. The van der Waals surface area contributed by atoms with Gasteiger partial charge in [0.15, 0.2) is 0 Å². The third-order valence-corrected chi connectivity index (χ3v) is 3.69. The molecule has 0 heterocycles. The van der Waals surface area contributed by atoms with E-state index < -0.39 is 6.10 Å². The minimum Gasteiger partial charge on any atom is -0.496 e. The number of ether oxygens (including phenoxy) is 2. The van der Waals surface area contributed by atoms with Crippen molar-refractivity contribution in [2.24, 2.45) is 0 Å². The summed E-state index contributed by atoms with van der Waals surface area (Å²) in [5, 5.41) is 9.91. The highest BCUT2D eigenvalue weighted by molar-refractivity contribution is 7.98. The van der Waals surface area contributed by atoms with Crippen molar-refractivity contribution in [2.75, 3.05) is 13.4 Å². The first-order valence-electron chi connectivity index (χ1n) is 6.32. The van der Waals surface area contributed by atoms with Crippen LogP contribution >= 0.6 is 11.8 Å². The third-order valence-electron chi connectivity index (χ3n) is 2.95. The summed E-state index contributed by atoms with van der Waals surface area (Å²) in [4.78, 5) is 1.18. The van der Waals surface area contributed by atoms with Gasteiger partial charge in [0.05, 0.1) is 18.8 Å². The molecule has 106 valence electrons. The van der Waals surface area contributed by atoms with E-state index in [2.05, 4.69) is 0 Å². The van der Waals surface area contributed by atoms with Crippen LogP contribution in [0.4, 0.5) is 0 Å². The van der Waals surface area contributed by atoms with Gasteiger partial charge < -0.3 is 14.6 Å². The van der Waals surface area contributed by atoms with E-state index in [0.29, 0.717) is 17.1 Å². The van der Waals surface area contributed by atoms with Crippen LogP contribution in [0.3, 0.4) is 0 Å². The zero-order valence-electron chi connectivity index (χ0n) is 11.8. The number of benzene rings is 2. The van der Waals surface area contributed by atoms with Crippen LogP contribution < -0.4 is 9.47 Å². The topological polar surface area (TPSA) is 38.7 Å². The van der Waals surface area contributed by atoms with Crippen LogP contribution in [0.1, 0.15) is 18.6 Å². The summed E-state index contributed by atoms with van der Waals surface area (Å²) in [5.41, 5.74) is 0.656. The number of aliphatic hydroxyl groups is 1. The molecule has 0 amide bonds. The molecule has 0 saturated carbocycles. The van der Waals surface area contributed by atoms with Crippen LogP contribution in [0.5, 0.6) is 17.2 Å². The normalized spacial score (nSPS) is 12.0. The van der Waals surface area contributed by atoms with Gasteiger partial charge in [-0.25, -0.2) is 0 Å². The summed E-state index contributed by atoms with van der Waals surface area (Å²) in [5.74, 6) is 1.97. The molecule has 0 saturated heterocycles. The molecule has 3 nitrogen and oxygen atoms in total. The molecular formula is C16H18O3S. The Labute approximate surface area is 123 Å². The van der Waals surface area contributed by atoms with E-state index in [0.717, 1.165) is 5.75 Å². The Morgan fingerprint density at radius 1 is 1.05 bits per heavy atom. The lowest BCUT2D eigenvalue weighted by molar-refractivity contribution is 0.190. The van der Waals surface area contributed by atoms with Gasteiger partial charge in [-0.05, 0) is 49.6 Å². The Hall–Kier alpha value is -1.65. The van der Waals surface area contributed by atoms with Gasteiger partial charge in [-0.3, -0.25) is 0 Å². The molecule has 0 aliphatic rings. The SMILES string of the molecule is COc1cccc(Oc2ccc(SC)cc2)c1C(C)O. The molecule has 2 aromatic carbocycles. The standard InChI is InChI=1S/C16H18O3S/c1-11(17)16-14(18-2)5-4-6-15(16)19-12-7-9-13(20-3)10-8-12/h4-11,17H,1-3H3. The lowest BCUT2D eigenvalue weighted by Gasteiger charge is -2.16. The van der Waals surface area contributed by atoms with Gasteiger partial charge in [0.2, 0.25) is 0 Å². The largest absolute Gasteiger partial charge is 0.496 e.